The van der Waals surface area contributed by atoms with E-state index in [0.29, 0.717) is 5.69 Å². The Hall–Kier alpha value is -2.81. The molecule has 0 saturated carbocycles. The summed E-state index contributed by atoms with van der Waals surface area (Å²) >= 11 is 0. The van der Waals surface area contributed by atoms with Crippen molar-refractivity contribution in [2.75, 3.05) is 5.32 Å². The predicted molar refractivity (Wildman–Crippen MR) is 82.5 cm³/mol. The van der Waals surface area contributed by atoms with Crippen LogP contribution in [0.3, 0.4) is 0 Å². The van der Waals surface area contributed by atoms with Crippen LogP contribution < -0.4 is 11.1 Å². The highest BCUT2D eigenvalue weighted by molar-refractivity contribution is 7.91. The van der Waals surface area contributed by atoms with Gasteiger partial charge in [-0.15, -0.1) is 0 Å². The van der Waals surface area contributed by atoms with Crippen LogP contribution in [0, 0.1) is 0 Å². The topological polar surface area (TPSA) is 106 Å². The fourth-order valence-corrected chi connectivity index (χ4v) is 2.57. The van der Waals surface area contributed by atoms with Gasteiger partial charge in [0.15, 0.2) is 0 Å². The molecular weight excluding hydrogens is 342 g/mol. The van der Waals surface area contributed by atoms with Crippen molar-refractivity contribution >= 4 is 27.3 Å². The maximum atomic E-state index is 12.4. The number of carbonyl (C=O) groups excluding carboxylic acids is 2. The summed E-state index contributed by atoms with van der Waals surface area (Å²) in [6, 6.07) is 9.98. The van der Waals surface area contributed by atoms with Crippen LogP contribution in [0.25, 0.3) is 0 Å². The lowest BCUT2D eigenvalue weighted by Gasteiger charge is -2.07. The highest BCUT2D eigenvalue weighted by Crippen LogP contribution is 2.19. The minimum absolute atomic E-state index is 0.0627. The molecule has 0 bridgehead atoms. The Morgan fingerprint density at radius 1 is 1.00 bits per heavy atom. The standard InChI is InChI=1S/C15H12F2N2O4S/c16-15(17)24(22,23)12-6-4-9(5-7-12)14(21)19-11-3-1-2-10(8-11)13(18)20/h1-8,15H,(H2,18,20)(H,19,21). The molecule has 0 aliphatic heterocycles. The highest BCUT2D eigenvalue weighted by atomic mass is 32.2. The van der Waals surface area contributed by atoms with Gasteiger partial charge in [0.2, 0.25) is 15.7 Å². The van der Waals surface area contributed by atoms with Gasteiger partial charge >= 0.3 is 5.76 Å². The minimum atomic E-state index is -4.71. The van der Waals surface area contributed by atoms with E-state index < -0.39 is 32.3 Å². The molecule has 0 aliphatic rings. The molecule has 2 rings (SSSR count). The number of primary amides is 1. The number of alkyl halides is 2. The van der Waals surface area contributed by atoms with E-state index in [1.807, 2.05) is 0 Å². The molecule has 24 heavy (non-hydrogen) atoms. The Balaban J connectivity index is 2.19. The quantitative estimate of drug-likeness (QED) is 0.857. The summed E-state index contributed by atoms with van der Waals surface area (Å²) in [5, 5.41) is 2.49. The summed E-state index contributed by atoms with van der Waals surface area (Å²) in [4.78, 5) is 22.6. The van der Waals surface area contributed by atoms with Crippen LogP contribution in [0.5, 0.6) is 0 Å². The van der Waals surface area contributed by atoms with Crippen molar-refractivity contribution in [1.29, 1.82) is 0 Å². The number of anilines is 1. The second-order valence-electron chi connectivity index (χ2n) is 4.73. The van der Waals surface area contributed by atoms with Crippen molar-refractivity contribution in [2.24, 2.45) is 5.73 Å². The first-order valence-electron chi connectivity index (χ1n) is 6.55. The fourth-order valence-electron chi connectivity index (χ4n) is 1.85. The van der Waals surface area contributed by atoms with Crippen LogP contribution in [-0.4, -0.2) is 26.0 Å². The maximum Gasteiger partial charge on any atom is 0.341 e. The molecule has 3 N–H and O–H groups in total. The number of halogens is 2. The van der Waals surface area contributed by atoms with Crippen molar-refractivity contribution in [1.82, 2.24) is 0 Å². The van der Waals surface area contributed by atoms with Gasteiger partial charge in [-0.2, -0.15) is 8.78 Å². The molecule has 0 radical (unpaired) electrons. The molecule has 2 aromatic rings. The molecular formula is C15H12F2N2O4S. The number of benzene rings is 2. The molecule has 0 saturated heterocycles. The molecule has 0 aliphatic carbocycles. The minimum Gasteiger partial charge on any atom is -0.366 e. The first kappa shape index (κ1) is 17.5. The van der Waals surface area contributed by atoms with Gasteiger partial charge in [-0.05, 0) is 42.5 Å². The number of hydrogen-bond acceptors (Lipinski definition) is 4. The molecule has 6 nitrogen and oxygen atoms in total. The van der Waals surface area contributed by atoms with Gasteiger partial charge < -0.3 is 11.1 Å². The van der Waals surface area contributed by atoms with Crippen molar-refractivity contribution in [3.05, 3.63) is 59.7 Å². The summed E-state index contributed by atoms with van der Waals surface area (Å²) in [6.07, 6.45) is 0. The van der Waals surface area contributed by atoms with E-state index in [2.05, 4.69) is 5.32 Å². The van der Waals surface area contributed by atoms with E-state index >= 15 is 0 Å². The second-order valence-corrected chi connectivity index (χ2v) is 6.65. The van der Waals surface area contributed by atoms with Gasteiger partial charge in [0.25, 0.3) is 5.91 Å². The summed E-state index contributed by atoms with van der Waals surface area (Å²) in [7, 11) is -4.71. The number of amides is 2. The smallest absolute Gasteiger partial charge is 0.341 e. The molecule has 0 fully saturated rings. The highest BCUT2D eigenvalue weighted by Gasteiger charge is 2.26. The lowest BCUT2D eigenvalue weighted by Crippen LogP contribution is -2.15. The zero-order valence-electron chi connectivity index (χ0n) is 12.1. The Morgan fingerprint density at radius 2 is 1.62 bits per heavy atom. The Bertz CT molecular complexity index is 881. The molecule has 2 amide bonds. The van der Waals surface area contributed by atoms with Crippen molar-refractivity contribution in [3.63, 3.8) is 0 Å². The Kier molecular flexibility index (Phi) is 4.93. The van der Waals surface area contributed by atoms with Gasteiger partial charge in [-0.3, -0.25) is 9.59 Å². The van der Waals surface area contributed by atoms with Gasteiger partial charge in [0, 0.05) is 16.8 Å². The molecule has 9 heteroatoms. The molecule has 0 aromatic heterocycles. The summed E-state index contributed by atoms with van der Waals surface area (Å²) in [5.74, 6) is -4.79. The summed E-state index contributed by atoms with van der Waals surface area (Å²) in [5.41, 5.74) is 5.71. The Labute approximate surface area is 136 Å². The lowest BCUT2D eigenvalue weighted by atomic mass is 10.1. The largest absolute Gasteiger partial charge is 0.366 e. The van der Waals surface area contributed by atoms with Crippen LogP contribution in [-0.2, 0) is 9.84 Å². The molecule has 126 valence electrons. The molecule has 0 atom stereocenters. The third-order valence-electron chi connectivity index (χ3n) is 3.08. The van der Waals surface area contributed by atoms with E-state index in [4.69, 9.17) is 5.73 Å². The maximum absolute atomic E-state index is 12.4. The van der Waals surface area contributed by atoms with Gasteiger partial charge in [0.05, 0.1) is 4.90 Å². The average Bonchev–Trinajstić information content (AvgIpc) is 2.55. The van der Waals surface area contributed by atoms with E-state index in [1.54, 1.807) is 0 Å². The van der Waals surface area contributed by atoms with Gasteiger partial charge in [-0.25, -0.2) is 8.42 Å². The van der Waals surface area contributed by atoms with Gasteiger partial charge in [-0.1, -0.05) is 6.07 Å². The van der Waals surface area contributed by atoms with Gasteiger partial charge in [0.1, 0.15) is 0 Å². The van der Waals surface area contributed by atoms with Crippen molar-refractivity contribution in [3.8, 4) is 0 Å². The first-order chi connectivity index (χ1) is 11.2. The van der Waals surface area contributed by atoms with E-state index in [0.717, 1.165) is 24.3 Å². The SMILES string of the molecule is NC(=O)c1cccc(NC(=O)c2ccc(S(=O)(=O)C(F)F)cc2)c1. The van der Waals surface area contributed by atoms with E-state index in [-0.39, 0.29) is 11.1 Å². The molecule has 2 aromatic carbocycles. The van der Waals surface area contributed by atoms with E-state index in [9.17, 15) is 26.8 Å². The van der Waals surface area contributed by atoms with Crippen molar-refractivity contribution in [2.45, 2.75) is 10.7 Å². The normalized spacial score (nSPS) is 11.3. The molecule has 0 unspecified atom stereocenters. The first-order valence-corrected chi connectivity index (χ1v) is 8.10. The van der Waals surface area contributed by atoms with Crippen LogP contribution in [0.1, 0.15) is 20.7 Å². The van der Waals surface area contributed by atoms with Crippen LogP contribution in [0.4, 0.5) is 14.5 Å². The fraction of sp³-hybridized carbons (Fsp3) is 0.0667. The zero-order valence-corrected chi connectivity index (χ0v) is 12.9. The van der Waals surface area contributed by atoms with Crippen LogP contribution >= 0.6 is 0 Å². The third-order valence-corrected chi connectivity index (χ3v) is 4.48. The predicted octanol–water partition coefficient (Wildman–Crippen LogP) is 2.03. The molecule has 0 heterocycles. The lowest BCUT2D eigenvalue weighted by molar-refractivity contribution is 0.0996. The number of rotatable bonds is 5. The Morgan fingerprint density at radius 3 is 2.17 bits per heavy atom. The third kappa shape index (κ3) is 3.74. The number of carbonyl (C=O) groups is 2. The van der Waals surface area contributed by atoms with Crippen LogP contribution in [0.2, 0.25) is 0 Å². The number of sulfone groups is 1. The average molecular weight is 354 g/mol. The number of nitrogens with one attached hydrogen (secondary N) is 1. The second kappa shape index (κ2) is 6.75. The molecule has 0 spiro atoms. The van der Waals surface area contributed by atoms with E-state index in [1.165, 1.54) is 24.3 Å². The summed E-state index contributed by atoms with van der Waals surface area (Å²) < 4.78 is 47.5. The number of nitrogens with two attached hydrogens (primary N) is 1. The van der Waals surface area contributed by atoms with Crippen LogP contribution in [0.15, 0.2) is 53.4 Å². The monoisotopic (exact) mass is 354 g/mol. The number of hydrogen-bond donors (Lipinski definition) is 2. The zero-order chi connectivity index (χ0) is 17.9. The van der Waals surface area contributed by atoms with Crippen molar-refractivity contribution < 1.29 is 26.8 Å². The summed E-state index contributed by atoms with van der Waals surface area (Å²) in [6.45, 7) is 0.